The minimum atomic E-state index is 0.300. The summed E-state index contributed by atoms with van der Waals surface area (Å²) < 4.78 is 0. The molecule has 1 amide bonds. The second-order valence-corrected chi connectivity index (χ2v) is 4.36. The number of carbonyl (C=O) groups is 2. The molecule has 0 unspecified atom stereocenters. The summed E-state index contributed by atoms with van der Waals surface area (Å²) in [6.45, 7) is 1.77. The topological polar surface area (TPSA) is 37.4 Å². The van der Waals surface area contributed by atoms with Crippen molar-refractivity contribution in [2.75, 3.05) is 13.1 Å². The molecule has 0 atom stereocenters. The number of hydrogen-bond donors (Lipinski definition) is 0. The van der Waals surface area contributed by atoms with Crippen LogP contribution in [0.25, 0.3) is 0 Å². The van der Waals surface area contributed by atoms with E-state index in [4.69, 9.17) is 0 Å². The van der Waals surface area contributed by atoms with E-state index in [-0.39, 0.29) is 0 Å². The van der Waals surface area contributed by atoms with Crippen LogP contribution in [0.5, 0.6) is 0 Å². The smallest absolute Gasteiger partial charge is 0.209 e. The van der Waals surface area contributed by atoms with Crippen LogP contribution in [0.1, 0.15) is 32.1 Å². The van der Waals surface area contributed by atoms with Crippen molar-refractivity contribution in [2.24, 2.45) is 5.41 Å². The number of amides is 1. The standard InChI is InChI=1S/C10H15NO2/c12-8-11-6-5-10(7-11)3-1-9(13)2-4-10/h8H,1-7H2. The summed E-state index contributed by atoms with van der Waals surface area (Å²) >= 11 is 0. The van der Waals surface area contributed by atoms with E-state index in [1.54, 1.807) is 0 Å². The molecule has 2 rings (SSSR count). The van der Waals surface area contributed by atoms with E-state index in [0.717, 1.165) is 51.6 Å². The minimum Gasteiger partial charge on any atom is -0.345 e. The van der Waals surface area contributed by atoms with Crippen LogP contribution >= 0.6 is 0 Å². The van der Waals surface area contributed by atoms with Crippen molar-refractivity contribution >= 4 is 12.2 Å². The Bertz CT molecular complexity index is 227. The molecule has 1 spiro atoms. The lowest BCUT2D eigenvalue weighted by molar-refractivity contribution is -0.122. The van der Waals surface area contributed by atoms with Gasteiger partial charge in [0.15, 0.2) is 0 Å². The number of carbonyl (C=O) groups excluding carboxylic acids is 2. The van der Waals surface area contributed by atoms with Crippen LogP contribution in [0.4, 0.5) is 0 Å². The zero-order valence-electron chi connectivity index (χ0n) is 7.79. The van der Waals surface area contributed by atoms with E-state index >= 15 is 0 Å². The molecule has 1 aliphatic carbocycles. The van der Waals surface area contributed by atoms with Crippen molar-refractivity contribution in [2.45, 2.75) is 32.1 Å². The van der Waals surface area contributed by atoms with Gasteiger partial charge in [0.05, 0.1) is 0 Å². The van der Waals surface area contributed by atoms with Gasteiger partial charge in [0.25, 0.3) is 0 Å². The maximum absolute atomic E-state index is 11.1. The van der Waals surface area contributed by atoms with Gasteiger partial charge in [-0.25, -0.2) is 0 Å². The second kappa shape index (κ2) is 3.13. The molecule has 13 heavy (non-hydrogen) atoms. The summed E-state index contributed by atoms with van der Waals surface area (Å²) in [7, 11) is 0. The van der Waals surface area contributed by atoms with Gasteiger partial charge in [-0.2, -0.15) is 0 Å². The molecular weight excluding hydrogens is 166 g/mol. The molecule has 1 saturated heterocycles. The minimum absolute atomic E-state index is 0.300. The van der Waals surface area contributed by atoms with Gasteiger partial charge in [-0.3, -0.25) is 9.59 Å². The maximum Gasteiger partial charge on any atom is 0.209 e. The van der Waals surface area contributed by atoms with Crippen LogP contribution in [0, 0.1) is 5.41 Å². The number of nitrogens with zero attached hydrogens (tertiary/aromatic N) is 1. The molecule has 0 bridgehead atoms. The zero-order valence-corrected chi connectivity index (χ0v) is 7.79. The van der Waals surface area contributed by atoms with E-state index < -0.39 is 0 Å². The average Bonchev–Trinajstić information content (AvgIpc) is 2.55. The average molecular weight is 181 g/mol. The quantitative estimate of drug-likeness (QED) is 0.565. The Hall–Kier alpha value is -0.860. The molecule has 2 aliphatic rings. The van der Waals surface area contributed by atoms with E-state index in [2.05, 4.69) is 0 Å². The highest BCUT2D eigenvalue weighted by Gasteiger charge is 2.40. The predicted molar refractivity (Wildman–Crippen MR) is 48.2 cm³/mol. The zero-order chi connectivity index (χ0) is 9.31. The van der Waals surface area contributed by atoms with Crippen LogP contribution in [-0.4, -0.2) is 30.2 Å². The Morgan fingerprint density at radius 3 is 2.46 bits per heavy atom. The summed E-state index contributed by atoms with van der Waals surface area (Å²) in [6, 6.07) is 0. The van der Waals surface area contributed by atoms with Gasteiger partial charge in [-0.05, 0) is 24.7 Å². The van der Waals surface area contributed by atoms with Crippen LogP contribution in [-0.2, 0) is 9.59 Å². The fraction of sp³-hybridized carbons (Fsp3) is 0.800. The lowest BCUT2D eigenvalue weighted by Crippen LogP contribution is -2.31. The third kappa shape index (κ3) is 1.60. The van der Waals surface area contributed by atoms with Gasteiger partial charge < -0.3 is 4.90 Å². The lowest BCUT2D eigenvalue weighted by atomic mass is 9.73. The Kier molecular flexibility index (Phi) is 2.10. The maximum atomic E-state index is 11.1. The van der Waals surface area contributed by atoms with Gasteiger partial charge in [-0.1, -0.05) is 0 Å². The first-order valence-corrected chi connectivity index (χ1v) is 4.95. The molecule has 1 aliphatic heterocycles. The molecule has 1 heterocycles. The largest absolute Gasteiger partial charge is 0.345 e. The predicted octanol–water partition coefficient (Wildman–Crippen LogP) is 0.978. The van der Waals surface area contributed by atoms with E-state index in [1.165, 1.54) is 0 Å². The van der Waals surface area contributed by atoms with Crippen LogP contribution < -0.4 is 0 Å². The van der Waals surface area contributed by atoms with Crippen molar-refractivity contribution in [1.29, 1.82) is 0 Å². The number of ketones is 1. The summed E-state index contributed by atoms with van der Waals surface area (Å²) in [5.41, 5.74) is 0.300. The van der Waals surface area contributed by atoms with Gasteiger partial charge in [0.2, 0.25) is 6.41 Å². The molecule has 0 radical (unpaired) electrons. The highest BCUT2D eigenvalue weighted by molar-refractivity contribution is 5.79. The third-order valence-electron chi connectivity index (χ3n) is 3.49. The molecule has 0 aromatic rings. The lowest BCUT2D eigenvalue weighted by Gasteiger charge is -2.31. The molecule has 0 aromatic carbocycles. The third-order valence-corrected chi connectivity index (χ3v) is 3.49. The number of Topliss-reactive ketones (excluding diaryl/α,β-unsaturated/α-hetero) is 1. The molecule has 3 nitrogen and oxygen atoms in total. The first-order chi connectivity index (χ1) is 6.24. The highest BCUT2D eigenvalue weighted by Crippen LogP contribution is 2.42. The Balaban J connectivity index is 1.99. The van der Waals surface area contributed by atoms with Gasteiger partial charge in [0, 0.05) is 25.9 Å². The van der Waals surface area contributed by atoms with Gasteiger partial charge >= 0.3 is 0 Å². The van der Waals surface area contributed by atoms with Crippen LogP contribution in [0.3, 0.4) is 0 Å². The Morgan fingerprint density at radius 1 is 1.23 bits per heavy atom. The first-order valence-electron chi connectivity index (χ1n) is 4.95. The van der Waals surface area contributed by atoms with Crippen molar-refractivity contribution in [3.63, 3.8) is 0 Å². The summed E-state index contributed by atoms with van der Waals surface area (Å²) in [5, 5.41) is 0. The van der Waals surface area contributed by atoms with E-state index in [9.17, 15) is 9.59 Å². The van der Waals surface area contributed by atoms with Crippen molar-refractivity contribution in [1.82, 2.24) is 4.90 Å². The summed E-state index contributed by atoms with van der Waals surface area (Å²) in [4.78, 5) is 23.5. The Morgan fingerprint density at radius 2 is 1.92 bits per heavy atom. The molecular formula is C10H15NO2. The molecule has 2 fully saturated rings. The van der Waals surface area contributed by atoms with Gasteiger partial charge in [0.1, 0.15) is 5.78 Å². The second-order valence-electron chi connectivity index (χ2n) is 4.36. The normalized spacial score (nSPS) is 26.8. The number of likely N-dealkylation sites (tertiary alicyclic amines) is 1. The van der Waals surface area contributed by atoms with E-state index in [1.807, 2.05) is 4.90 Å². The van der Waals surface area contributed by atoms with Crippen molar-refractivity contribution in [3.8, 4) is 0 Å². The van der Waals surface area contributed by atoms with Gasteiger partial charge in [-0.15, -0.1) is 0 Å². The van der Waals surface area contributed by atoms with Crippen molar-refractivity contribution < 1.29 is 9.59 Å². The SMILES string of the molecule is O=CN1CCC2(CCC(=O)CC2)C1. The summed E-state index contributed by atoms with van der Waals surface area (Å²) in [6.07, 6.45) is 5.48. The molecule has 0 aromatic heterocycles. The first kappa shape index (κ1) is 8.73. The Labute approximate surface area is 78.1 Å². The van der Waals surface area contributed by atoms with E-state index in [0.29, 0.717) is 11.2 Å². The number of hydrogen-bond acceptors (Lipinski definition) is 2. The van der Waals surface area contributed by atoms with Crippen molar-refractivity contribution in [3.05, 3.63) is 0 Å². The number of rotatable bonds is 1. The molecule has 3 heteroatoms. The molecule has 72 valence electrons. The molecule has 1 saturated carbocycles. The monoisotopic (exact) mass is 181 g/mol. The fourth-order valence-electron chi connectivity index (χ4n) is 2.53. The van der Waals surface area contributed by atoms with Crippen LogP contribution in [0.2, 0.25) is 0 Å². The fourth-order valence-corrected chi connectivity index (χ4v) is 2.53. The highest BCUT2D eigenvalue weighted by atomic mass is 16.1. The van der Waals surface area contributed by atoms with Crippen LogP contribution in [0.15, 0.2) is 0 Å². The molecule has 0 N–H and O–H groups in total. The summed E-state index contributed by atoms with van der Waals surface area (Å²) in [5.74, 6) is 0.398.